The first-order valence-corrected chi connectivity index (χ1v) is 8.91. The summed E-state index contributed by atoms with van der Waals surface area (Å²) >= 11 is 0. The summed E-state index contributed by atoms with van der Waals surface area (Å²) in [4.78, 5) is 12.0. The first-order chi connectivity index (χ1) is 13.8. The summed E-state index contributed by atoms with van der Waals surface area (Å²) in [7, 11) is 0. The zero-order chi connectivity index (χ0) is 20.8. The van der Waals surface area contributed by atoms with Gasteiger partial charge >= 0.3 is 0 Å². The third-order valence-electron chi connectivity index (χ3n) is 4.35. The fraction of sp³-hybridized carbons (Fsp3) is 0.333. The van der Waals surface area contributed by atoms with Gasteiger partial charge in [0.25, 0.3) is 11.6 Å². The highest BCUT2D eigenvalue weighted by Crippen LogP contribution is 2.38. The molecule has 0 aliphatic heterocycles. The van der Waals surface area contributed by atoms with Gasteiger partial charge in [0.2, 0.25) is 5.65 Å². The maximum absolute atomic E-state index is 7.53. The molecule has 0 saturated heterocycles. The average molecular weight is 389 g/mol. The molecule has 4 rings (SSSR count). The van der Waals surface area contributed by atoms with E-state index in [2.05, 4.69) is 66.2 Å². The molecule has 0 aromatic carbocycles. The smallest absolute Gasteiger partial charge is 0.255 e. The molecular weight excluding hydrogens is 370 g/mol. The highest BCUT2D eigenvalue weighted by molar-refractivity contribution is 5.70. The fourth-order valence-corrected chi connectivity index (χ4v) is 2.91. The molecule has 11 heteroatoms. The van der Waals surface area contributed by atoms with E-state index in [0.29, 0.717) is 34.5 Å². The van der Waals surface area contributed by atoms with Crippen LogP contribution >= 0.6 is 0 Å². The molecule has 0 unspecified atom stereocenters. The number of fused-ring (bicyclic) bond motifs is 1. The van der Waals surface area contributed by atoms with Crippen LogP contribution in [-0.4, -0.2) is 39.6 Å². The zero-order valence-corrected chi connectivity index (χ0v) is 16.7. The number of nitrogens with one attached hydrogen (secondary N) is 1. The van der Waals surface area contributed by atoms with Crippen LogP contribution in [0.25, 0.3) is 16.4 Å². The maximum atomic E-state index is 7.53. The molecule has 0 saturated carbocycles. The Kier molecular flexibility index (Phi) is 4.19. The average Bonchev–Trinajstić information content (AvgIpc) is 3.33. The Morgan fingerprint density at radius 3 is 2.48 bits per heavy atom. The molecule has 4 heterocycles. The molecule has 0 aliphatic carbocycles. The van der Waals surface area contributed by atoms with Crippen molar-refractivity contribution in [1.82, 2.24) is 39.6 Å². The van der Waals surface area contributed by atoms with Crippen LogP contribution in [0, 0.1) is 20.4 Å². The first-order valence-electron chi connectivity index (χ1n) is 8.91. The molecule has 0 atom stereocenters. The van der Waals surface area contributed by atoms with Gasteiger partial charge in [-0.2, -0.15) is 9.78 Å². The Labute approximate surface area is 166 Å². The topological polar surface area (TPSA) is 119 Å². The highest BCUT2D eigenvalue weighted by Gasteiger charge is 2.26. The number of hydrogen-bond donors (Lipinski definition) is 1. The van der Waals surface area contributed by atoms with E-state index in [0.717, 1.165) is 5.69 Å². The fourth-order valence-electron chi connectivity index (χ4n) is 2.91. The third-order valence-corrected chi connectivity index (χ3v) is 4.35. The van der Waals surface area contributed by atoms with Gasteiger partial charge < -0.3 is 0 Å². The molecule has 4 aromatic rings. The van der Waals surface area contributed by atoms with Crippen molar-refractivity contribution in [2.75, 3.05) is 0 Å². The predicted molar refractivity (Wildman–Crippen MR) is 105 cm³/mol. The maximum Gasteiger partial charge on any atom is 0.255 e. The van der Waals surface area contributed by atoms with E-state index in [1.54, 1.807) is 29.9 Å². The number of H-pyrrole nitrogens is 1. The Balaban J connectivity index is 1.91. The summed E-state index contributed by atoms with van der Waals surface area (Å²) in [6.45, 7) is 17.3. The molecule has 0 aliphatic rings. The molecule has 0 bridgehead atoms. The van der Waals surface area contributed by atoms with E-state index in [4.69, 9.17) is 6.57 Å². The van der Waals surface area contributed by atoms with Gasteiger partial charge in [-0.25, -0.2) is 19.3 Å². The molecule has 0 radical (unpaired) electrons. The summed E-state index contributed by atoms with van der Waals surface area (Å²) in [6.07, 6.45) is 3.20. The van der Waals surface area contributed by atoms with Gasteiger partial charge in [-0.3, -0.25) is 5.10 Å². The van der Waals surface area contributed by atoms with Crippen molar-refractivity contribution in [3.63, 3.8) is 0 Å². The Hall–Kier alpha value is -3.94. The van der Waals surface area contributed by atoms with Crippen LogP contribution in [0.2, 0.25) is 0 Å². The van der Waals surface area contributed by atoms with Crippen molar-refractivity contribution in [2.45, 2.75) is 40.0 Å². The first kappa shape index (κ1) is 18.4. The van der Waals surface area contributed by atoms with Gasteiger partial charge in [0, 0.05) is 17.8 Å². The number of nitrogens with zero attached hydrogens (tertiary/aromatic N) is 10. The minimum Gasteiger partial charge on any atom is -0.292 e. The molecule has 29 heavy (non-hydrogen) atoms. The second-order valence-electron chi connectivity index (χ2n) is 7.52. The minimum absolute atomic E-state index is 0.233. The number of aryl methyl sites for hydroxylation is 2. The van der Waals surface area contributed by atoms with Crippen molar-refractivity contribution in [3.8, 4) is 5.95 Å². The highest BCUT2D eigenvalue weighted by atomic mass is 15.4. The van der Waals surface area contributed by atoms with Crippen molar-refractivity contribution in [2.24, 2.45) is 10.2 Å². The molecule has 0 spiro atoms. The standard InChI is InChI=1S/C18H19N11/c1-10-12(19-6)15(29(26-10)17-20-8-7-9-21-17)25-23-13-14(18(3,4)5)27-28-11(2)22-24-16(13)28/h7-9,27H,1-5H3. The number of rotatable bonds is 3. The Morgan fingerprint density at radius 2 is 1.83 bits per heavy atom. The second-order valence-corrected chi connectivity index (χ2v) is 7.52. The summed E-state index contributed by atoms with van der Waals surface area (Å²) in [6, 6.07) is 1.70. The van der Waals surface area contributed by atoms with E-state index in [-0.39, 0.29) is 11.2 Å². The zero-order valence-electron chi connectivity index (χ0n) is 16.7. The van der Waals surface area contributed by atoms with Crippen LogP contribution in [0.1, 0.15) is 38.0 Å². The van der Waals surface area contributed by atoms with Crippen molar-refractivity contribution < 1.29 is 0 Å². The van der Waals surface area contributed by atoms with Crippen molar-refractivity contribution in [1.29, 1.82) is 0 Å². The minimum atomic E-state index is -0.233. The van der Waals surface area contributed by atoms with E-state index in [9.17, 15) is 0 Å². The second kappa shape index (κ2) is 6.59. The van der Waals surface area contributed by atoms with Crippen molar-refractivity contribution in [3.05, 3.63) is 47.1 Å². The molecule has 0 fully saturated rings. The third kappa shape index (κ3) is 3.04. The van der Waals surface area contributed by atoms with Gasteiger partial charge in [0.15, 0.2) is 11.5 Å². The van der Waals surface area contributed by atoms with E-state index >= 15 is 0 Å². The SMILES string of the molecule is [C-]#[N+]c1c(C)nn(-c2ncccn2)c1N=Nc1c(C(C)(C)C)[nH]n2c(C)nnc12. The van der Waals surface area contributed by atoms with Crippen molar-refractivity contribution >= 4 is 22.8 Å². The molecule has 146 valence electrons. The lowest BCUT2D eigenvalue weighted by molar-refractivity contribution is 0.561. The van der Waals surface area contributed by atoms with Crippen LogP contribution in [0.3, 0.4) is 0 Å². The summed E-state index contributed by atoms with van der Waals surface area (Å²) in [5.74, 6) is 1.29. The largest absolute Gasteiger partial charge is 0.292 e. The van der Waals surface area contributed by atoms with E-state index in [1.807, 2.05) is 6.92 Å². The number of hydrogen-bond acceptors (Lipinski definition) is 7. The number of aromatic nitrogens is 8. The molecular formula is C18H19N11. The van der Waals surface area contributed by atoms with Crippen LogP contribution in [0.15, 0.2) is 28.7 Å². The normalized spacial score (nSPS) is 12.1. The Morgan fingerprint density at radius 1 is 1.10 bits per heavy atom. The molecule has 1 N–H and O–H groups in total. The quantitative estimate of drug-likeness (QED) is 0.421. The van der Waals surface area contributed by atoms with Gasteiger partial charge in [-0.05, 0) is 19.9 Å². The van der Waals surface area contributed by atoms with Gasteiger partial charge in [-0.1, -0.05) is 20.8 Å². The Bertz CT molecular complexity index is 1260. The monoisotopic (exact) mass is 389 g/mol. The van der Waals surface area contributed by atoms with Crippen LogP contribution in [0.5, 0.6) is 0 Å². The summed E-state index contributed by atoms with van der Waals surface area (Å²) in [5.41, 5.74) is 2.57. The predicted octanol–water partition coefficient (Wildman–Crippen LogP) is 3.91. The molecule has 0 amide bonds. The number of azo groups is 1. The lowest BCUT2D eigenvalue weighted by Gasteiger charge is -2.16. The van der Waals surface area contributed by atoms with Crippen LogP contribution in [0.4, 0.5) is 17.2 Å². The number of aromatic amines is 1. The van der Waals surface area contributed by atoms with E-state index in [1.165, 1.54) is 4.68 Å². The van der Waals surface area contributed by atoms with Crippen LogP contribution in [-0.2, 0) is 5.41 Å². The van der Waals surface area contributed by atoms with Crippen LogP contribution < -0.4 is 0 Å². The summed E-state index contributed by atoms with van der Waals surface area (Å²) < 4.78 is 3.19. The molecule has 4 aromatic heterocycles. The molecule has 11 nitrogen and oxygen atoms in total. The lowest BCUT2D eigenvalue weighted by atomic mass is 9.91. The van der Waals surface area contributed by atoms with Gasteiger partial charge in [0.1, 0.15) is 5.82 Å². The van der Waals surface area contributed by atoms with Gasteiger partial charge in [-0.15, -0.1) is 20.4 Å². The lowest BCUT2D eigenvalue weighted by Crippen LogP contribution is -2.12. The van der Waals surface area contributed by atoms with Gasteiger partial charge in [0.05, 0.1) is 18.0 Å². The van der Waals surface area contributed by atoms with E-state index < -0.39 is 0 Å². The summed E-state index contributed by atoms with van der Waals surface area (Å²) in [5, 5.41) is 24.8.